The summed E-state index contributed by atoms with van der Waals surface area (Å²) in [5, 5.41) is 12.0. The molecular weight excluding hydrogens is 435 g/mol. The highest BCUT2D eigenvalue weighted by molar-refractivity contribution is 6.14. The zero-order valence-electron chi connectivity index (χ0n) is 19.6. The maximum atomic E-state index is 14.5. The molecule has 0 spiro atoms. The van der Waals surface area contributed by atoms with Crippen LogP contribution in [-0.2, 0) is 7.05 Å². The van der Waals surface area contributed by atoms with Crippen molar-refractivity contribution in [2.45, 2.75) is 25.9 Å². The van der Waals surface area contributed by atoms with E-state index in [1.807, 2.05) is 12.1 Å². The standard InChI is InChI=1S/C25H27FN6O2/c1-14-11-32(12-15(2)27-14)21-7-5-19(24-18(21)6-8-22(29-24)34-4)25(33)28-17-9-16-13-31(3)30-23(16)20(26)10-17/h5-10,13-15,27H,11-12H2,1-4H3,(H,28,33)/t14-,15-/m1/s1. The average Bonchev–Trinajstić information content (AvgIpc) is 3.18. The first kappa shape index (κ1) is 22.1. The number of hydrogen-bond donors (Lipinski definition) is 2. The van der Waals surface area contributed by atoms with Gasteiger partial charge in [-0.3, -0.25) is 9.48 Å². The Labute approximate surface area is 196 Å². The molecular formula is C25H27FN6O2. The van der Waals surface area contributed by atoms with Crippen molar-refractivity contribution in [2.75, 3.05) is 30.4 Å². The number of aromatic nitrogens is 3. The lowest BCUT2D eigenvalue weighted by Gasteiger charge is -2.38. The first-order valence-corrected chi connectivity index (χ1v) is 11.3. The number of fused-ring (bicyclic) bond motifs is 2. The van der Waals surface area contributed by atoms with Gasteiger partial charge in [-0.1, -0.05) is 0 Å². The molecule has 176 valence electrons. The lowest BCUT2D eigenvalue weighted by atomic mass is 10.0. The van der Waals surface area contributed by atoms with Crippen LogP contribution < -0.4 is 20.3 Å². The van der Waals surface area contributed by atoms with Crippen LogP contribution in [-0.4, -0.2) is 53.0 Å². The molecule has 0 unspecified atom stereocenters. The van der Waals surface area contributed by atoms with Crippen LogP contribution in [0.15, 0.2) is 42.6 Å². The van der Waals surface area contributed by atoms with E-state index in [0.717, 1.165) is 24.2 Å². The highest BCUT2D eigenvalue weighted by Gasteiger charge is 2.24. The second-order valence-corrected chi connectivity index (χ2v) is 8.91. The summed E-state index contributed by atoms with van der Waals surface area (Å²) < 4.78 is 21.4. The van der Waals surface area contributed by atoms with Crippen molar-refractivity contribution >= 4 is 39.1 Å². The summed E-state index contributed by atoms with van der Waals surface area (Å²) in [6.07, 6.45) is 1.71. The molecule has 2 aromatic carbocycles. The summed E-state index contributed by atoms with van der Waals surface area (Å²) in [5.74, 6) is -0.444. The van der Waals surface area contributed by atoms with Crippen LogP contribution in [0.1, 0.15) is 24.2 Å². The van der Waals surface area contributed by atoms with Crippen LogP contribution >= 0.6 is 0 Å². The Morgan fingerprint density at radius 1 is 1.15 bits per heavy atom. The van der Waals surface area contributed by atoms with Crippen LogP contribution in [0.5, 0.6) is 5.88 Å². The minimum Gasteiger partial charge on any atom is -0.481 e. The van der Waals surface area contributed by atoms with E-state index in [9.17, 15) is 9.18 Å². The maximum absolute atomic E-state index is 14.5. The molecule has 34 heavy (non-hydrogen) atoms. The highest BCUT2D eigenvalue weighted by Crippen LogP contribution is 2.32. The third-order valence-corrected chi connectivity index (χ3v) is 6.10. The van der Waals surface area contributed by atoms with Gasteiger partial charge in [0.15, 0.2) is 5.82 Å². The van der Waals surface area contributed by atoms with Gasteiger partial charge in [-0.2, -0.15) is 5.10 Å². The Kier molecular flexibility index (Phi) is 5.57. The number of halogens is 1. The SMILES string of the molecule is COc1ccc2c(N3C[C@@H](C)N[C@H](C)C3)ccc(C(=O)Nc3cc(F)c4nn(C)cc4c3)c2n1. The first-order chi connectivity index (χ1) is 16.3. The monoisotopic (exact) mass is 462 g/mol. The second kappa shape index (κ2) is 8.57. The van der Waals surface area contributed by atoms with E-state index in [0.29, 0.717) is 40.1 Å². The number of piperazine rings is 1. The first-order valence-electron chi connectivity index (χ1n) is 11.3. The molecule has 9 heteroatoms. The van der Waals surface area contributed by atoms with Gasteiger partial charge in [-0.15, -0.1) is 0 Å². The smallest absolute Gasteiger partial charge is 0.257 e. The molecule has 0 bridgehead atoms. The zero-order chi connectivity index (χ0) is 24.0. The van der Waals surface area contributed by atoms with E-state index in [1.54, 1.807) is 43.2 Å². The summed E-state index contributed by atoms with van der Waals surface area (Å²) >= 11 is 0. The third-order valence-electron chi connectivity index (χ3n) is 6.10. The molecule has 0 aliphatic carbocycles. The molecule has 2 atom stereocenters. The Bertz CT molecular complexity index is 1390. The van der Waals surface area contributed by atoms with Gasteiger partial charge < -0.3 is 20.3 Å². The van der Waals surface area contributed by atoms with E-state index >= 15 is 0 Å². The summed E-state index contributed by atoms with van der Waals surface area (Å²) in [5.41, 5.74) is 2.57. The number of pyridine rings is 1. The maximum Gasteiger partial charge on any atom is 0.257 e. The lowest BCUT2D eigenvalue weighted by molar-refractivity contribution is 0.102. The van der Waals surface area contributed by atoms with Crippen LogP contribution in [0.25, 0.3) is 21.8 Å². The minimum absolute atomic E-state index is 0.265. The van der Waals surface area contributed by atoms with Crippen molar-refractivity contribution in [3.05, 3.63) is 54.0 Å². The fourth-order valence-electron chi connectivity index (χ4n) is 4.76. The van der Waals surface area contributed by atoms with Crippen molar-refractivity contribution in [1.29, 1.82) is 0 Å². The van der Waals surface area contributed by atoms with Crippen LogP contribution in [0, 0.1) is 5.82 Å². The molecule has 8 nitrogen and oxygen atoms in total. The fourth-order valence-corrected chi connectivity index (χ4v) is 4.76. The van der Waals surface area contributed by atoms with Crippen molar-refractivity contribution in [2.24, 2.45) is 7.05 Å². The Morgan fingerprint density at radius 2 is 1.91 bits per heavy atom. The van der Waals surface area contributed by atoms with Crippen molar-refractivity contribution in [1.82, 2.24) is 20.1 Å². The number of carbonyl (C=O) groups is 1. The van der Waals surface area contributed by atoms with Crippen molar-refractivity contribution in [3.63, 3.8) is 0 Å². The topological polar surface area (TPSA) is 84.3 Å². The molecule has 1 fully saturated rings. The highest BCUT2D eigenvalue weighted by atomic mass is 19.1. The quantitative estimate of drug-likeness (QED) is 0.481. The van der Waals surface area contributed by atoms with E-state index < -0.39 is 5.82 Å². The summed E-state index contributed by atoms with van der Waals surface area (Å²) in [6.45, 7) is 6.02. The van der Waals surface area contributed by atoms with Gasteiger partial charge in [0.1, 0.15) is 5.52 Å². The van der Waals surface area contributed by atoms with E-state index in [1.165, 1.54) is 6.07 Å². The largest absolute Gasteiger partial charge is 0.481 e. The lowest BCUT2D eigenvalue weighted by Crippen LogP contribution is -2.54. The Balaban J connectivity index is 1.54. The van der Waals surface area contributed by atoms with Crippen molar-refractivity contribution < 1.29 is 13.9 Å². The minimum atomic E-state index is -0.490. The van der Waals surface area contributed by atoms with Crippen LogP contribution in [0.4, 0.5) is 15.8 Å². The zero-order valence-corrected chi connectivity index (χ0v) is 19.6. The number of hydrogen-bond acceptors (Lipinski definition) is 6. The number of carbonyl (C=O) groups excluding carboxylic acids is 1. The molecule has 5 rings (SSSR count). The number of rotatable bonds is 4. The Hall–Kier alpha value is -3.72. The van der Waals surface area contributed by atoms with Crippen LogP contribution in [0.3, 0.4) is 0 Å². The number of aryl methyl sites for hydroxylation is 1. The number of anilines is 2. The van der Waals surface area contributed by atoms with Crippen LogP contribution in [0.2, 0.25) is 0 Å². The summed E-state index contributed by atoms with van der Waals surface area (Å²) in [4.78, 5) is 20.2. The molecule has 1 amide bonds. The molecule has 3 heterocycles. The molecule has 0 saturated carbocycles. The molecule has 1 aliphatic rings. The predicted molar refractivity (Wildman–Crippen MR) is 131 cm³/mol. The number of nitrogens with one attached hydrogen (secondary N) is 2. The number of amides is 1. The average molecular weight is 463 g/mol. The molecule has 2 N–H and O–H groups in total. The third kappa shape index (κ3) is 4.03. The van der Waals surface area contributed by atoms with Gasteiger partial charge in [-0.05, 0) is 44.2 Å². The molecule has 2 aromatic heterocycles. The number of ether oxygens (including phenoxy) is 1. The second-order valence-electron chi connectivity index (χ2n) is 8.91. The Morgan fingerprint density at radius 3 is 2.65 bits per heavy atom. The van der Waals surface area contributed by atoms with Gasteiger partial charge in [0.05, 0.1) is 18.2 Å². The summed E-state index contributed by atoms with van der Waals surface area (Å²) in [6, 6.07) is 11.1. The van der Waals surface area contributed by atoms with Gasteiger partial charge in [0.2, 0.25) is 5.88 Å². The van der Waals surface area contributed by atoms with Gasteiger partial charge >= 0.3 is 0 Å². The molecule has 1 saturated heterocycles. The normalized spacial score (nSPS) is 18.4. The molecule has 4 aromatic rings. The molecule has 1 aliphatic heterocycles. The van der Waals surface area contributed by atoms with Gasteiger partial charge in [-0.25, -0.2) is 9.37 Å². The molecule has 0 radical (unpaired) electrons. The van der Waals surface area contributed by atoms with Gasteiger partial charge in [0, 0.05) is 66.6 Å². The van der Waals surface area contributed by atoms with Crippen molar-refractivity contribution in [3.8, 4) is 5.88 Å². The number of benzene rings is 2. The van der Waals surface area contributed by atoms with Gasteiger partial charge in [0.25, 0.3) is 5.91 Å². The van der Waals surface area contributed by atoms with E-state index in [-0.39, 0.29) is 11.4 Å². The predicted octanol–water partition coefficient (Wildman–Crippen LogP) is 3.71. The van der Waals surface area contributed by atoms with E-state index in [2.05, 4.69) is 39.5 Å². The van der Waals surface area contributed by atoms with E-state index in [4.69, 9.17) is 4.74 Å². The number of nitrogens with zero attached hydrogens (tertiary/aromatic N) is 4. The number of methoxy groups -OCH3 is 1. The fraction of sp³-hybridized carbons (Fsp3) is 0.320. The summed E-state index contributed by atoms with van der Waals surface area (Å²) in [7, 11) is 3.27.